The van der Waals surface area contributed by atoms with Crippen LogP contribution in [-0.2, 0) is 0 Å². The molecule has 5 nitrogen and oxygen atoms in total. The summed E-state index contributed by atoms with van der Waals surface area (Å²) in [6, 6.07) is 10.1. The number of aliphatic imine (C=N–C) groups is 1. The second-order valence-corrected chi connectivity index (χ2v) is 6.96. The molecule has 0 saturated carbocycles. The van der Waals surface area contributed by atoms with E-state index in [1.807, 2.05) is 18.4 Å². The molecule has 0 saturated heterocycles. The highest BCUT2D eigenvalue weighted by Crippen LogP contribution is 2.21. The van der Waals surface area contributed by atoms with Crippen molar-refractivity contribution in [1.82, 2.24) is 10.6 Å². The number of benzene rings is 1. The number of nitrogens with zero attached hydrogens (tertiary/aromatic N) is 1. The molecule has 1 aromatic heterocycles. The monoisotopic (exact) mass is 525 g/mol. The zero-order valence-corrected chi connectivity index (χ0v) is 18.9. The van der Waals surface area contributed by atoms with Gasteiger partial charge in [-0.25, -0.2) is 0 Å². The zero-order chi connectivity index (χ0) is 19.6. The van der Waals surface area contributed by atoms with Gasteiger partial charge in [-0.05, 0) is 36.1 Å². The molecule has 2 unspecified atom stereocenters. The van der Waals surface area contributed by atoms with Crippen LogP contribution in [0.3, 0.4) is 0 Å². The second-order valence-electron chi connectivity index (χ2n) is 5.98. The Morgan fingerprint density at radius 1 is 1.21 bits per heavy atom. The Hall–Kier alpha value is -1.46. The molecule has 0 aliphatic carbocycles. The number of hydrogen-bond acceptors (Lipinski definition) is 4. The van der Waals surface area contributed by atoms with E-state index in [0.29, 0.717) is 30.5 Å². The summed E-state index contributed by atoms with van der Waals surface area (Å²) in [5.41, 5.74) is 0.604. The molecule has 0 fully saturated rings. The molecule has 0 radical (unpaired) electrons. The topological polar surface area (TPSA) is 65.9 Å². The highest BCUT2D eigenvalue weighted by Gasteiger charge is 2.11. The van der Waals surface area contributed by atoms with Crippen molar-refractivity contribution in [2.75, 3.05) is 19.6 Å². The van der Waals surface area contributed by atoms with Crippen LogP contribution in [0.5, 0.6) is 5.75 Å². The first-order valence-electron chi connectivity index (χ1n) is 8.78. The van der Waals surface area contributed by atoms with E-state index in [0.717, 1.165) is 0 Å². The number of hydrogen-bond donors (Lipinski definition) is 3. The molecule has 3 N–H and O–H groups in total. The third kappa shape index (κ3) is 8.27. The molecule has 1 aromatic carbocycles. The fourth-order valence-corrected chi connectivity index (χ4v) is 3.19. The van der Waals surface area contributed by atoms with E-state index < -0.39 is 12.7 Å². The molecule has 0 amide bonds. The number of nitrogens with one attached hydrogen (secondary N) is 2. The van der Waals surface area contributed by atoms with Gasteiger partial charge in [-0.15, -0.1) is 35.3 Å². The summed E-state index contributed by atoms with van der Waals surface area (Å²) in [7, 11) is 0. The first-order valence-corrected chi connectivity index (χ1v) is 9.66. The van der Waals surface area contributed by atoms with Crippen molar-refractivity contribution in [2.45, 2.75) is 32.5 Å². The van der Waals surface area contributed by atoms with Gasteiger partial charge in [-0.3, -0.25) is 4.99 Å². The van der Waals surface area contributed by atoms with Gasteiger partial charge in [0.05, 0.1) is 12.6 Å². The first-order chi connectivity index (χ1) is 13.0. The van der Waals surface area contributed by atoms with Gasteiger partial charge < -0.3 is 20.5 Å². The maximum Gasteiger partial charge on any atom is 0.387 e. The first kappa shape index (κ1) is 24.6. The minimum atomic E-state index is -2.86. The number of halogens is 3. The predicted molar refractivity (Wildman–Crippen MR) is 120 cm³/mol. The molecule has 1 heterocycles. The summed E-state index contributed by atoms with van der Waals surface area (Å²) < 4.78 is 28.7. The summed E-state index contributed by atoms with van der Waals surface area (Å²) in [6.45, 7) is 2.81. The van der Waals surface area contributed by atoms with E-state index in [1.54, 1.807) is 23.5 Å². The van der Waals surface area contributed by atoms with Gasteiger partial charge in [0.25, 0.3) is 0 Å². The van der Waals surface area contributed by atoms with Gasteiger partial charge in [0, 0.05) is 23.9 Å². The van der Waals surface area contributed by atoms with Crippen LogP contribution in [0.15, 0.2) is 46.8 Å². The molecule has 2 aromatic rings. The van der Waals surface area contributed by atoms with Crippen molar-refractivity contribution >= 4 is 41.3 Å². The average molecular weight is 525 g/mol. The minimum Gasteiger partial charge on any atom is -0.435 e. The van der Waals surface area contributed by atoms with Gasteiger partial charge >= 0.3 is 6.61 Å². The second kappa shape index (κ2) is 12.9. The number of guanidine groups is 1. The van der Waals surface area contributed by atoms with Gasteiger partial charge in [0.2, 0.25) is 0 Å². The summed E-state index contributed by atoms with van der Waals surface area (Å²) in [4.78, 5) is 5.85. The van der Waals surface area contributed by atoms with Crippen molar-refractivity contribution in [1.29, 1.82) is 0 Å². The zero-order valence-electron chi connectivity index (χ0n) is 15.8. The molecule has 0 aliphatic heterocycles. The van der Waals surface area contributed by atoms with E-state index in [1.165, 1.54) is 17.0 Å². The minimum absolute atomic E-state index is 0. The van der Waals surface area contributed by atoms with Crippen LogP contribution in [0.1, 0.15) is 36.3 Å². The molecular weight excluding hydrogens is 499 g/mol. The van der Waals surface area contributed by atoms with E-state index in [4.69, 9.17) is 0 Å². The van der Waals surface area contributed by atoms with Crippen LogP contribution < -0.4 is 15.4 Å². The van der Waals surface area contributed by atoms with E-state index >= 15 is 0 Å². The third-order valence-electron chi connectivity index (χ3n) is 3.85. The lowest BCUT2D eigenvalue weighted by Gasteiger charge is -2.16. The number of aliphatic hydroxyl groups excluding tert-OH is 1. The third-order valence-corrected chi connectivity index (χ3v) is 4.95. The summed E-state index contributed by atoms with van der Waals surface area (Å²) in [5.74, 6) is 0.997. The molecule has 0 spiro atoms. The highest BCUT2D eigenvalue weighted by atomic mass is 127. The van der Waals surface area contributed by atoms with Gasteiger partial charge in [0.1, 0.15) is 5.75 Å². The van der Waals surface area contributed by atoms with E-state index in [-0.39, 0.29) is 36.3 Å². The Kier molecular flexibility index (Phi) is 11.3. The highest BCUT2D eigenvalue weighted by molar-refractivity contribution is 14.0. The van der Waals surface area contributed by atoms with Crippen LogP contribution in [0.25, 0.3) is 0 Å². The Balaban J connectivity index is 0.00000392. The molecule has 0 aliphatic rings. The van der Waals surface area contributed by atoms with Crippen molar-refractivity contribution in [3.8, 4) is 5.75 Å². The van der Waals surface area contributed by atoms with Crippen LogP contribution in [0.4, 0.5) is 8.78 Å². The number of aliphatic hydroxyl groups is 1. The molecule has 9 heteroatoms. The number of alkyl halides is 2. The maximum absolute atomic E-state index is 12.2. The maximum atomic E-state index is 12.2. The van der Waals surface area contributed by atoms with Crippen molar-refractivity contribution in [3.05, 3.63) is 52.2 Å². The normalized spacial score (nSPS) is 13.6. The average Bonchev–Trinajstić information content (AvgIpc) is 3.18. The van der Waals surface area contributed by atoms with Crippen LogP contribution in [-0.4, -0.2) is 37.3 Å². The fourth-order valence-electron chi connectivity index (χ4n) is 2.41. The van der Waals surface area contributed by atoms with Crippen molar-refractivity contribution in [3.63, 3.8) is 0 Å². The van der Waals surface area contributed by atoms with E-state index in [9.17, 15) is 13.9 Å². The molecule has 156 valence electrons. The Labute approximate surface area is 185 Å². The van der Waals surface area contributed by atoms with Crippen molar-refractivity contribution in [2.24, 2.45) is 4.99 Å². The van der Waals surface area contributed by atoms with Crippen molar-refractivity contribution < 1.29 is 18.6 Å². The Morgan fingerprint density at radius 2 is 1.93 bits per heavy atom. The molecule has 2 atom stereocenters. The lowest BCUT2D eigenvalue weighted by molar-refractivity contribution is -0.0498. The molecular formula is C19H26F2IN3O2S. The van der Waals surface area contributed by atoms with Crippen LogP contribution in [0, 0.1) is 0 Å². The fraction of sp³-hybridized carbons (Fsp3) is 0.421. The number of rotatable bonds is 9. The number of thiophene rings is 1. The Bertz CT molecular complexity index is 700. The Morgan fingerprint density at radius 3 is 2.50 bits per heavy atom. The van der Waals surface area contributed by atoms with Crippen LogP contribution >= 0.6 is 35.3 Å². The summed E-state index contributed by atoms with van der Waals surface area (Å²) in [6.07, 6.45) is -0.802. The van der Waals surface area contributed by atoms with E-state index in [2.05, 4.69) is 33.4 Å². The quantitative estimate of drug-likeness (QED) is 0.259. The number of ether oxygens (including phenoxy) is 1. The largest absolute Gasteiger partial charge is 0.435 e. The lowest BCUT2D eigenvalue weighted by Crippen LogP contribution is -2.39. The van der Waals surface area contributed by atoms with Gasteiger partial charge in [-0.1, -0.05) is 25.1 Å². The molecule has 2 rings (SSSR count). The standard InChI is InChI=1S/C19H25F2N3O2S.HI/c1-3-22-19(23-11-13(2)17-5-4-10-27-17)24-12-16(25)14-6-8-15(9-7-14)26-18(20)21;/h4-10,13,16,18,25H,3,11-12H2,1-2H3,(H2,22,23,24);1H. The smallest absolute Gasteiger partial charge is 0.387 e. The SMILES string of the molecule is CCNC(=NCC(C)c1cccs1)NCC(O)c1ccc(OC(F)F)cc1.I. The summed E-state index contributed by atoms with van der Waals surface area (Å²) >= 11 is 1.71. The molecule has 0 bridgehead atoms. The van der Waals surface area contributed by atoms with Gasteiger partial charge in [-0.2, -0.15) is 8.78 Å². The molecule has 28 heavy (non-hydrogen) atoms. The van der Waals surface area contributed by atoms with Gasteiger partial charge in [0.15, 0.2) is 5.96 Å². The summed E-state index contributed by atoms with van der Waals surface area (Å²) in [5, 5.41) is 18.6. The predicted octanol–water partition coefficient (Wildman–Crippen LogP) is 4.36. The van der Waals surface area contributed by atoms with Crippen LogP contribution in [0.2, 0.25) is 0 Å². The lowest BCUT2D eigenvalue weighted by atomic mass is 10.1.